The molecule has 1 fully saturated rings. The van der Waals surface area contributed by atoms with E-state index in [0.717, 1.165) is 12.8 Å². The number of rotatable bonds is 10. The molecule has 1 atom stereocenters. The van der Waals surface area contributed by atoms with Crippen molar-refractivity contribution in [2.45, 2.75) is 18.9 Å². The van der Waals surface area contributed by atoms with Crippen LogP contribution in [0.3, 0.4) is 0 Å². The zero-order chi connectivity index (χ0) is 14.0. The van der Waals surface area contributed by atoms with Gasteiger partial charge in [-0.2, -0.15) is 0 Å². The predicted molar refractivity (Wildman–Crippen MR) is 73.2 cm³/mol. The fraction of sp³-hybridized carbons (Fsp3) is 1.00. The van der Waals surface area contributed by atoms with Crippen LogP contribution in [-0.2, 0) is 24.0 Å². The van der Waals surface area contributed by atoms with E-state index in [1.165, 1.54) is 0 Å². The van der Waals surface area contributed by atoms with Gasteiger partial charge in [-0.25, -0.2) is 8.42 Å². The van der Waals surface area contributed by atoms with Crippen LogP contribution in [0.2, 0.25) is 0 Å². The molecular weight excluding hydrogens is 270 g/mol. The Morgan fingerprint density at radius 2 is 1.79 bits per heavy atom. The molecule has 0 aromatic rings. The quantitative estimate of drug-likeness (QED) is 0.564. The minimum Gasteiger partial charge on any atom is -0.382 e. The third-order valence-corrected chi connectivity index (χ3v) is 4.77. The summed E-state index contributed by atoms with van der Waals surface area (Å²) < 4.78 is 38.3. The fourth-order valence-electron chi connectivity index (χ4n) is 1.98. The van der Waals surface area contributed by atoms with Gasteiger partial charge in [-0.1, -0.05) is 0 Å². The van der Waals surface area contributed by atoms with Crippen molar-refractivity contribution in [3.63, 3.8) is 0 Å². The van der Waals surface area contributed by atoms with Crippen LogP contribution in [0.1, 0.15) is 12.8 Å². The standard InChI is InChI=1S/C12H25NO5S/c1-16-6-7-18-9-8-17-5-4-13-12-3-2-10-19(14,15)11-12/h12-13H,2-11H2,1H3. The summed E-state index contributed by atoms with van der Waals surface area (Å²) >= 11 is 0. The Kier molecular flexibility index (Phi) is 8.56. The van der Waals surface area contributed by atoms with Crippen molar-refractivity contribution in [1.29, 1.82) is 0 Å². The van der Waals surface area contributed by atoms with Crippen molar-refractivity contribution < 1.29 is 22.6 Å². The highest BCUT2D eigenvalue weighted by atomic mass is 32.2. The Bertz CT molecular complexity index is 320. The summed E-state index contributed by atoms with van der Waals surface area (Å²) in [5.74, 6) is 0.591. The third kappa shape index (κ3) is 8.54. The largest absolute Gasteiger partial charge is 0.382 e. The fourth-order valence-corrected chi connectivity index (χ4v) is 3.65. The van der Waals surface area contributed by atoms with E-state index in [4.69, 9.17) is 14.2 Å². The average molecular weight is 295 g/mol. The molecule has 0 aliphatic carbocycles. The summed E-state index contributed by atoms with van der Waals surface area (Å²) in [5.41, 5.74) is 0. The first kappa shape index (κ1) is 16.8. The van der Waals surface area contributed by atoms with Crippen LogP contribution in [0.5, 0.6) is 0 Å². The van der Waals surface area contributed by atoms with Gasteiger partial charge in [-0.3, -0.25) is 0 Å². The molecule has 6 nitrogen and oxygen atoms in total. The topological polar surface area (TPSA) is 73.9 Å². The molecule has 1 unspecified atom stereocenters. The van der Waals surface area contributed by atoms with Crippen molar-refractivity contribution in [3.8, 4) is 0 Å². The summed E-state index contributed by atoms with van der Waals surface area (Å²) in [6.45, 7) is 3.54. The van der Waals surface area contributed by atoms with Gasteiger partial charge in [-0.05, 0) is 12.8 Å². The van der Waals surface area contributed by atoms with Crippen molar-refractivity contribution in [1.82, 2.24) is 5.32 Å². The van der Waals surface area contributed by atoms with E-state index < -0.39 is 9.84 Å². The van der Waals surface area contributed by atoms with Crippen molar-refractivity contribution in [2.75, 3.05) is 58.2 Å². The van der Waals surface area contributed by atoms with Crippen LogP contribution in [0.4, 0.5) is 0 Å². The van der Waals surface area contributed by atoms with Crippen molar-refractivity contribution >= 4 is 9.84 Å². The Morgan fingerprint density at radius 1 is 1.11 bits per heavy atom. The van der Waals surface area contributed by atoms with Crippen LogP contribution in [0.25, 0.3) is 0 Å². The summed E-state index contributed by atoms with van der Waals surface area (Å²) in [7, 11) is -1.19. The smallest absolute Gasteiger partial charge is 0.151 e. The van der Waals surface area contributed by atoms with Gasteiger partial charge in [0.25, 0.3) is 0 Å². The molecule has 0 aromatic heterocycles. The molecular formula is C12H25NO5S. The van der Waals surface area contributed by atoms with Crippen LogP contribution in [0.15, 0.2) is 0 Å². The normalized spacial score (nSPS) is 22.5. The molecule has 1 saturated heterocycles. The van der Waals surface area contributed by atoms with Gasteiger partial charge in [0.05, 0.1) is 44.5 Å². The Labute approximate surface area is 115 Å². The average Bonchev–Trinajstić information content (AvgIpc) is 2.36. The first-order valence-corrected chi connectivity index (χ1v) is 8.54. The van der Waals surface area contributed by atoms with E-state index in [1.54, 1.807) is 7.11 Å². The van der Waals surface area contributed by atoms with Crippen molar-refractivity contribution in [3.05, 3.63) is 0 Å². The van der Waals surface area contributed by atoms with Gasteiger partial charge in [0.1, 0.15) is 0 Å². The van der Waals surface area contributed by atoms with Crippen molar-refractivity contribution in [2.24, 2.45) is 0 Å². The summed E-state index contributed by atoms with van der Waals surface area (Å²) in [6, 6.07) is 0.0836. The van der Waals surface area contributed by atoms with Crippen LogP contribution in [-0.4, -0.2) is 72.7 Å². The summed E-state index contributed by atoms with van der Waals surface area (Å²) in [6.07, 6.45) is 1.69. The number of hydrogen-bond acceptors (Lipinski definition) is 6. The second kappa shape index (κ2) is 9.66. The lowest BCUT2D eigenvalue weighted by molar-refractivity contribution is 0.0252. The second-order valence-corrected chi connectivity index (χ2v) is 6.85. The van der Waals surface area contributed by atoms with Crippen LogP contribution < -0.4 is 5.32 Å². The predicted octanol–water partition coefficient (Wildman–Crippen LogP) is -0.167. The number of ether oxygens (including phenoxy) is 3. The van der Waals surface area contributed by atoms with Gasteiger partial charge in [0.15, 0.2) is 9.84 Å². The third-order valence-electron chi connectivity index (χ3n) is 2.95. The maximum absolute atomic E-state index is 11.4. The number of hydrogen-bond donors (Lipinski definition) is 1. The Balaban J connectivity index is 1.91. The van der Waals surface area contributed by atoms with Gasteiger partial charge in [0.2, 0.25) is 0 Å². The number of sulfone groups is 1. The molecule has 1 heterocycles. The maximum atomic E-state index is 11.4. The van der Waals surface area contributed by atoms with E-state index in [0.29, 0.717) is 45.3 Å². The molecule has 7 heteroatoms. The van der Waals surface area contributed by atoms with Crippen LogP contribution in [0, 0.1) is 0 Å². The van der Waals surface area contributed by atoms with E-state index in [9.17, 15) is 8.42 Å². The molecule has 0 amide bonds. The summed E-state index contributed by atoms with van der Waals surface area (Å²) in [5, 5.41) is 3.22. The van der Waals surface area contributed by atoms with E-state index >= 15 is 0 Å². The van der Waals surface area contributed by atoms with Gasteiger partial charge >= 0.3 is 0 Å². The number of methoxy groups -OCH3 is 1. The maximum Gasteiger partial charge on any atom is 0.151 e. The highest BCUT2D eigenvalue weighted by Crippen LogP contribution is 2.11. The molecule has 0 saturated carbocycles. The first-order valence-electron chi connectivity index (χ1n) is 6.72. The lowest BCUT2D eigenvalue weighted by atomic mass is 10.2. The Morgan fingerprint density at radius 3 is 2.47 bits per heavy atom. The van der Waals surface area contributed by atoms with E-state index in [-0.39, 0.29) is 11.8 Å². The van der Waals surface area contributed by atoms with Gasteiger partial charge in [-0.15, -0.1) is 0 Å². The minimum atomic E-state index is -2.83. The molecule has 0 spiro atoms. The molecule has 19 heavy (non-hydrogen) atoms. The molecule has 0 bridgehead atoms. The lowest BCUT2D eigenvalue weighted by Crippen LogP contribution is -2.41. The molecule has 0 aromatic carbocycles. The zero-order valence-electron chi connectivity index (χ0n) is 11.6. The number of nitrogens with one attached hydrogen (secondary N) is 1. The molecule has 1 rings (SSSR count). The van der Waals surface area contributed by atoms with E-state index in [2.05, 4.69) is 5.32 Å². The highest BCUT2D eigenvalue weighted by molar-refractivity contribution is 7.91. The molecule has 1 aliphatic rings. The minimum absolute atomic E-state index is 0.0836. The summed E-state index contributed by atoms with van der Waals surface area (Å²) in [4.78, 5) is 0. The zero-order valence-corrected chi connectivity index (χ0v) is 12.4. The van der Waals surface area contributed by atoms with Crippen LogP contribution >= 0.6 is 0 Å². The monoisotopic (exact) mass is 295 g/mol. The molecule has 114 valence electrons. The molecule has 1 N–H and O–H groups in total. The molecule has 1 aliphatic heterocycles. The lowest BCUT2D eigenvalue weighted by Gasteiger charge is -2.22. The van der Waals surface area contributed by atoms with E-state index in [1.807, 2.05) is 0 Å². The Hall–Kier alpha value is -0.210. The molecule has 0 radical (unpaired) electrons. The van der Waals surface area contributed by atoms with Gasteiger partial charge in [0, 0.05) is 19.7 Å². The van der Waals surface area contributed by atoms with Gasteiger partial charge < -0.3 is 19.5 Å². The second-order valence-electron chi connectivity index (χ2n) is 4.63. The first-order chi connectivity index (χ1) is 9.14. The SMILES string of the molecule is COCCOCCOCCNC1CCCS(=O)(=O)C1. The highest BCUT2D eigenvalue weighted by Gasteiger charge is 2.23.